The monoisotopic (exact) mass is 449 g/mol. The van der Waals surface area contributed by atoms with Crippen LogP contribution in [-0.2, 0) is 6.54 Å². The molecular formula is C25H25ClFN5. The molecule has 7 heteroatoms. The third-order valence-electron chi connectivity index (χ3n) is 6.22. The highest BCUT2D eigenvalue weighted by atomic mass is 35.5. The number of hydrogen-bond donors (Lipinski definition) is 1. The molecule has 0 amide bonds. The minimum Gasteiger partial charge on any atom is -0.340 e. The summed E-state index contributed by atoms with van der Waals surface area (Å²) in [7, 11) is 0. The van der Waals surface area contributed by atoms with Crippen molar-refractivity contribution in [2.45, 2.75) is 20.4 Å². The summed E-state index contributed by atoms with van der Waals surface area (Å²) < 4.78 is 16.0. The standard InChI is InChI=1S/C25H25ClFN5/c1-16-12-22-24(23(17(16)2)19-4-3-7-29-14-19)30-25(31-10-8-28-9-11-31)32(22)15-18-5-6-21(27)20(26)13-18/h3-7,12-14,28H,8-11,15H2,1-2H3. The van der Waals surface area contributed by atoms with E-state index in [0.717, 1.165) is 59.9 Å². The Morgan fingerprint density at radius 2 is 1.94 bits per heavy atom. The molecule has 1 aliphatic heterocycles. The molecule has 5 nitrogen and oxygen atoms in total. The van der Waals surface area contributed by atoms with Crippen LogP contribution in [0.15, 0.2) is 48.8 Å². The summed E-state index contributed by atoms with van der Waals surface area (Å²) >= 11 is 6.09. The zero-order chi connectivity index (χ0) is 22.2. The molecular weight excluding hydrogens is 425 g/mol. The first-order valence-corrected chi connectivity index (χ1v) is 11.2. The third-order valence-corrected chi connectivity index (χ3v) is 6.51. The van der Waals surface area contributed by atoms with Crippen molar-refractivity contribution in [3.05, 3.63) is 76.3 Å². The van der Waals surface area contributed by atoms with Gasteiger partial charge in [0.05, 0.1) is 22.6 Å². The number of anilines is 1. The fourth-order valence-corrected chi connectivity index (χ4v) is 4.62. The number of pyridine rings is 1. The first-order valence-electron chi connectivity index (χ1n) is 10.8. The highest BCUT2D eigenvalue weighted by Crippen LogP contribution is 2.36. The lowest BCUT2D eigenvalue weighted by molar-refractivity contribution is 0.571. The van der Waals surface area contributed by atoms with E-state index in [4.69, 9.17) is 16.6 Å². The van der Waals surface area contributed by atoms with Gasteiger partial charge < -0.3 is 14.8 Å². The zero-order valence-electron chi connectivity index (χ0n) is 18.2. The van der Waals surface area contributed by atoms with E-state index in [2.05, 4.69) is 45.7 Å². The number of aromatic nitrogens is 3. The second-order valence-corrected chi connectivity index (χ2v) is 8.69. The normalized spacial score (nSPS) is 14.3. The number of rotatable bonds is 4. The SMILES string of the molecule is Cc1cc2c(nc(N3CCNCC3)n2Cc2ccc(F)c(Cl)c2)c(-c2cccnc2)c1C. The van der Waals surface area contributed by atoms with Gasteiger partial charge in [0.1, 0.15) is 5.82 Å². The van der Waals surface area contributed by atoms with Crippen molar-refractivity contribution < 1.29 is 4.39 Å². The molecule has 0 saturated carbocycles. The van der Waals surface area contributed by atoms with E-state index >= 15 is 0 Å². The maximum Gasteiger partial charge on any atom is 0.206 e. The molecule has 0 radical (unpaired) electrons. The molecule has 0 bridgehead atoms. The van der Waals surface area contributed by atoms with Crippen LogP contribution in [0.25, 0.3) is 22.2 Å². The fraction of sp³-hybridized carbons (Fsp3) is 0.280. The molecule has 2 aromatic heterocycles. The number of imidazole rings is 1. The predicted molar refractivity (Wildman–Crippen MR) is 128 cm³/mol. The molecule has 1 saturated heterocycles. The highest BCUT2D eigenvalue weighted by Gasteiger charge is 2.23. The van der Waals surface area contributed by atoms with Gasteiger partial charge in [0.15, 0.2) is 0 Å². The molecule has 3 heterocycles. The number of nitrogens with one attached hydrogen (secondary N) is 1. The van der Waals surface area contributed by atoms with Crippen molar-refractivity contribution in [1.29, 1.82) is 0 Å². The van der Waals surface area contributed by atoms with Gasteiger partial charge in [0.2, 0.25) is 5.95 Å². The molecule has 1 fully saturated rings. The summed E-state index contributed by atoms with van der Waals surface area (Å²) in [4.78, 5) is 11.8. The van der Waals surface area contributed by atoms with E-state index in [0.29, 0.717) is 6.54 Å². The molecule has 164 valence electrons. The maximum atomic E-state index is 13.8. The van der Waals surface area contributed by atoms with E-state index in [-0.39, 0.29) is 5.02 Å². The zero-order valence-corrected chi connectivity index (χ0v) is 19.0. The molecule has 5 rings (SSSR count). The molecule has 32 heavy (non-hydrogen) atoms. The Morgan fingerprint density at radius 3 is 2.66 bits per heavy atom. The van der Waals surface area contributed by atoms with Crippen LogP contribution in [0, 0.1) is 19.7 Å². The minimum absolute atomic E-state index is 0.138. The molecule has 0 unspecified atom stereocenters. The molecule has 0 spiro atoms. The summed E-state index contributed by atoms with van der Waals surface area (Å²) in [5.41, 5.74) is 7.52. The van der Waals surface area contributed by atoms with E-state index in [1.165, 1.54) is 17.2 Å². The molecule has 0 atom stereocenters. The number of benzene rings is 2. The van der Waals surface area contributed by atoms with E-state index in [1.807, 2.05) is 12.3 Å². The summed E-state index contributed by atoms with van der Waals surface area (Å²) in [6.07, 6.45) is 3.68. The van der Waals surface area contributed by atoms with Crippen molar-refractivity contribution in [2.75, 3.05) is 31.1 Å². The summed E-state index contributed by atoms with van der Waals surface area (Å²) in [5, 5.41) is 3.55. The van der Waals surface area contributed by atoms with Crippen LogP contribution in [0.5, 0.6) is 0 Å². The van der Waals surface area contributed by atoms with E-state index in [1.54, 1.807) is 18.3 Å². The Balaban J connectivity index is 1.74. The van der Waals surface area contributed by atoms with Gasteiger partial charge in [-0.25, -0.2) is 9.37 Å². The van der Waals surface area contributed by atoms with Crippen LogP contribution in [0.1, 0.15) is 16.7 Å². The van der Waals surface area contributed by atoms with Gasteiger partial charge in [-0.15, -0.1) is 0 Å². The van der Waals surface area contributed by atoms with Crippen molar-refractivity contribution in [1.82, 2.24) is 19.9 Å². The van der Waals surface area contributed by atoms with Gasteiger partial charge in [-0.1, -0.05) is 23.7 Å². The van der Waals surface area contributed by atoms with Gasteiger partial charge in [0.25, 0.3) is 0 Å². The van der Waals surface area contributed by atoms with Gasteiger partial charge >= 0.3 is 0 Å². The molecule has 1 aliphatic rings. The second-order valence-electron chi connectivity index (χ2n) is 8.29. The highest BCUT2D eigenvalue weighted by molar-refractivity contribution is 6.30. The number of hydrogen-bond acceptors (Lipinski definition) is 4. The predicted octanol–water partition coefficient (Wildman–Crippen LogP) is 4.97. The van der Waals surface area contributed by atoms with Crippen molar-refractivity contribution >= 4 is 28.6 Å². The van der Waals surface area contributed by atoms with Crippen LogP contribution >= 0.6 is 11.6 Å². The van der Waals surface area contributed by atoms with Gasteiger partial charge in [-0.3, -0.25) is 4.98 Å². The van der Waals surface area contributed by atoms with Gasteiger partial charge in [-0.05, 0) is 54.8 Å². The lowest BCUT2D eigenvalue weighted by atomic mass is 9.96. The molecule has 4 aromatic rings. The summed E-state index contributed by atoms with van der Waals surface area (Å²) in [6.45, 7) is 8.43. The van der Waals surface area contributed by atoms with Crippen molar-refractivity contribution in [3.8, 4) is 11.1 Å². The number of nitrogens with zero attached hydrogens (tertiary/aromatic N) is 4. The van der Waals surface area contributed by atoms with Crippen LogP contribution in [0.2, 0.25) is 5.02 Å². The van der Waals surface area contributed by atoms with Crippen LogP contribution < -0.4 is 10.2 Å². The van der Waals surface area contributed by atoms with Gasteiger partial charge in [0, 0.05) is 49.7 Å². The summed E-state index contributed by atoms with van der Waals surface area (Å²) in [6, 6.07) is 11.2. The quantitative estimate of drug-likeness (QED) is 0.478. The Bertz CT molecular complexity index is 1280. The minimum atomic E-state index is -0.404. The Labute approximate surface area is 191 Å². The van der Waals surface area contributed by atoms with Crippen LogP contribution in [-0.4, -0.2) is 40.7 Å². The third kappa shape index (κ3) is 3.74. The Morgan fingerprint density at radius 1 is 1.12 bits per heavy atom. The van der Waals surface area contributed by atoms with Crippen LogP contribution in [0.4, 0.5) is 10.3 Å². The van der Waals surface area contributed by atoms with Crippen LogP contribution in [0.3, 0.4) is 0 Å². The number of fused-ring (bicyclic) bond motifs is 1. The molecule has 2 aromatic carbocycles. The molecule has 1 N–H and O–H groups in total. The molecule has 0 aliphatic carbocycles. The summed E-state index contributed by atoms with van der Waals surface area (Å²) in [5.74, 6) is 0.524. The topological polar surface area (TPSA) is 46.0 Å². The number of piperazine rings is 1. The smallest absolute Gasteiger partial charge is 0.206 e. The lowest BCUT2D eigenvalue weighted by Gasteiger charge is -2.29. The first kappa shape index (κ1) is 20.9. The lowest BCUT2D eigenvalue weighted by Crippen LogP contribution is -2.44. The van der Waals surface area contributed by atoms with E-state index in [9.17, 15) is 4.39 Å². The van der Waals surface area contributed by atoms with Crippen molar-refractivity contribution in [3.63, 3.8) is 0 Å². The largest absolute Gasteiger partial charge is 0.340 e. The van der Waals surface area contributed by atoms with Crippen molar-refractivity contribution in [2.24, 2.45) is 0 Å². The average molecular weight is 450 g/mol. The maximum absolute atomic E-state index is 13.8. The first-order chi connectivity index (χ1) is 15.5. The number of aryl methyl sites for hydroxylation is 1. The second kappa shape index (κ2) is 8.52. The number of halogens is 2. The Kier molecular flexibility index (Phi) is 5.57. The average Bonchev–Trinajstić information content (AvgIpc) is 3.15. The van der Waals surface area contributed by atoms with E-state index < -0.39 is 5.82 Å². The fourth-order valence-electron chi connectivity index (χ4n) is 4.42. The Hall–Kier alpha value is -2.96. The van der Waals surface area contributed by atoms with Gasteiger partial charge in [-0.2, -0.15) is 0 Å².